The van der Waals surface area contributed by atoms with Gasteiger partial charge in [-0.3, -0.25) is 4.79 Å². The zero-order chi connectivity index (χ0) is 22.3. The van der Waals surface area contributed by atoms with E-state index in [1.54, 1.807) is 11.3 Å². The minimum absolute atomic E-state index is 0.0108. The van der Waals surface area contributed by atoms with Gasteiger partial charge in [0, 0.05) is 23.7 Å². The van der Waals surface area contributed by atoms with Crippen LogP contribution in [0.5, 0.6) is 5.75 Å². The molecule has 0 aliphatic carbocycles. The van der Waals surface area contributed by atoms with Gasteiger partial charge in [-0.25, -0.2) is 0 Å². The maximum Gasteiger partial charge on any atom is 0.191 e. The normalized spacial score (nSPS) is 12.4. The number of Topliss-reactive ketones (excluding diaryl/α,β-unsaturated/α-hetero) is 1. The number of benzene rings is 1. The fourth-order valence-electron chi connectivity index (χ4n) is 3.21. The van der Waals surface area contributed by atoms with Crippen molar-refractivity contribution in [1.82, 2.24) is 14.8 Å². The highest BCUT2D eigenvalue weighted by molar-refractivity contribution is 7.99. The number of nitrogens with zero attached hydrogens (tertiary/aromatic N) is 3. The van der Waals surface area contributed by atoms with Crippen molar-refractivity contribution in [2.45, 2.75) is 57.5 Å². The molecule has 3 rings (SSSR count). The van der Waals surface area contributed by atoms with Crippen molar-refractivity contribution in [3.63, 3.8) is 0 Å². The molecule has 0 saturated carbocycles. The third kappa shape index (κ3) is 4.62. The molecule has 0 radical (unpaired) electrons. The lowest BCUT2D eigenvalue weighted by Crippen LogP contribution is -2.19. The number of phenols is 1. The van der Waals surface area contributed by atoms with Crippen LogP contribution in [-0.4, -0.2) is 31.4 Å². The number of carbonyl (C=O) groups excluding carboxylic acids is 1. The number of hydrogen-bond acceptors (Lipinski definition) is 6. The molecule has 5 nitrogen and oxygen atoms in total. The van der Waals surface area contributed by atoms with Gasteiger partial charge in [0.1, 0.15) is 5.75 Å². The maximum atomic E-state index is 13.1. The largest absolute Gasteiger partial charge is 0.507 e. The zero-order valence-electron chi connectivity index (χ0n) is 18.6. The molecule has 0 atom stereocenters. The molecule has 30 heavy (non-hydrogen) atoms. The average molecular weight is 444 g/mol. The summed E-state index contributed by atoms with van der Waals surface area (Å²) in [5.41, 5.74) is 1.67. The van der Waals surface area contributed by atoms with Crippen LogP contribution in [0.15, 0.2) is 34.8 Å². The number of aromatic hydroxyl groups is 1. The van der Waals surface area contributed by atoms with Crippen molar-refractivity contribution in [3.05, 3.63) is 46.3 Å². The molecule has 7 heteroatoms. The van der Waals surface area contributed by atoms with Crippen molar-refractivity contribution in [1.29, 1.82) is 0 Å². The van der Waals surface area contributed by atoms with E-state index in [0.29, 0.717) is 10.7 Å². The second-order valence-electron chi connectivity index (χ2n) is 9.47. The first-order valence-electron chi connectivity index (χ1n) is 9.87. The van der Waals surface area contributed by atoms with E-state index < -0.39 is 0 Å². The zero-order valence-corrected chi connectivity index (χ0v) is 20.2. The topological polar surface area (TPSA) is 68.0 Å². The molecule has 0 aliphatic rings. The summed E-state index contributed by atoms with van der Waals surface area (Å²) in [5.74, 6) is 1.35. The van der Waals surface area contributed by atoms with Crippen molar-refractivity contribution in [3.8, 4) is 16.5 Å². The Kier molecular flexibility index (Phi) is 6.16. The van der Waals surface area contributed by atoms with Crippen LogP contribution in [0.25, 0.3) is 10.7 Å². The number of thioether (sulfide) groups is 1. The smallest absolute Gasteiger partial charge is 0.191 e. The van der Waals surface area contributed by atoms with Crippen LogP contribution >= 0.6 is 23.1 Å². The first-order valence-corrected chi connectivity index (χ1v) is 11.7. The van der Waals surface area contributed by atoms with Gasteiger partial charge in [0.2, 0.25) is 0 Å². The Bertz CT molecular complexity index is 1020. The van der Waals surface area contributed by atoms with Crippen molar-refractivity contribution < 1.29 is 9.90 Å². The summed E-state index contributed by atoms with van der Waals surface area (Å²) in [6, 6.07) is 7.66. The van der Waals surface area contributed by atoms with E-state index in [9.17, 15) is 9.90 Å². The lowest BCUT2D eigenvalue weighted by molar-refractivity contribution is 0.102. The Morgan fingerprint density at radius 1 is 1.10 bits per heavy atom. The lowest BCUT2D eigenvalue weighted by Gasteiger charge is -2.28. The second kappa shape index (κ2) is 8.19. The minimum atomic E-state index is -0.271. The highest BCUT2D eigenvalue weighted by Gasteiger charge is 2.28. The first kappa shape index (κ1) is 22.6. The highest BCUT2D eigenvalue weighted by atomic mass is 32.2. The molecule has 0 bridgehead atoms. The fraction of sp³-hybridized carbons (Fsp3) is 0.435. The van der Waals surface area contributed by atoms with Crippen LogP contribution in [-0.2, 0) is 17.9 Å². The lowest BCUT2D eigenvalue weighted by atomic mass is 9.78. The summed E-state index contributed by atoms with van der Waals surface area (Å²) in [4.78, 5) is 14.1. The van der Waals surface area contributed by atoms with Gasteiger partial charge in [0.25, 0.3) is 0 Å². The Morgan fingerprint density at radius 3 is 2.20 bits per heavy atom. The van der Waals surface area contributed by atoms with Crippen molar-refractivity contribution in [2.24, 2.45) is 7.05 Å². The van der Waals surface area contributed by atoms with Gasteiger partial charge in [-0.2, -0.15) is 0 Å². The summed E-state index contributed by atoms with van der Waals surface area (Å²) in [6.45, 7) is 12.3. The second-order valence-corrected chi connectivity index (χ2v) is 11.4. The van der Waals surface area contributed by atoms with Crippen molar-refractivity contribution >= 4 is 28.9 Å². The first-order chi connectivity index (χ1) is 13.9. The van der Waals surface area contributed by atoms with Gasteiger partial charge < -0.3 is 9.67 Å². The molecular formula is C23H29N3O2S2. The molecule has 3 aromatic rings. The van der Waals surface area contributed by atoms with E-state index in [0.717, 1.165) is 21.8 Å². The van der Waals surface area contributed by atoms with E-state index in [1.165, 1.54) is 11.8 Å². The van der Waals surface area contributed by atoms with Gasteiger partial charge in [-0.1, -0.05) is 59.4 Å². The monoisotopic (exact) mass is 443 g/mol. The van der Waals surface area contributed by atoms with Gasteiger partial charge in [0.15, 0.2) is 16.8 Å². The van der Waals surface area contributed by atoms with E-state index in [-0.39, 0.29) is 28.1 Å². The van der Waals surface area contributed by atoms with E-state index in [4.69, 9.17) is 0 Å². The number of carbonyl (C=O) groups is 1. The number of rotatable bonds is 5. The molecule has 1 aromatic carbocycles. The standard InChI is InChI=1S/C23H29N3O2S2/c1-22(2,3)15-11-14(12-16(19(15)28)23(4,5)6)17(27)13-30-21-25-24-20(26(21)7)18-9-8-10-29-18/h8-12,28H,13H2,1-7H3. The summed E-state index contributed by atoms with van der Waals surface area (Å²) < 4.78 is 1.92. The predicted octanol–water partition coefficient (Wildman–Crippen LogP) is 5.82. The molecule has 1 N–H and O–H groups in total. The van der Waals surface area contributed by atoms with Gasteiger partial charge >= 0.3 is 0 Å². The van der Waals surface area contributed by atoms with Crippen LogP contribution in [0.3, 0.4) is 0 Å². The number of ketones is 1. The fourth-order valence-corrected chi connectivity index (χ4v) is 4.76. The van der Waals surface area contributed by atoms with Crippen LogP contribution < -0.4 is 0 Å². The summed E-state index contributed by atoms with van der Waals surface area (Å²) >= 11 is 2.99. The van der Waals surface area contributed by atoms with Crippen molar-refractivity contribution in [2.75, 3.05) is 5.75 Å². The van der Waals surface area contributed by atoms with Crippen LogP contribution in [0.4, 0.5) is 0 Å². The molecule has 2 heterocycles. The molecule has 0 fully saturated rings. The third-order valence-corrected chi connectivity index (χ3v) is 6.84. The quantitative estimate of drug-likeness (QED) is 0.397. The van der Waals surface area contributed by atoms with Crippen LogP contribution in [0.1, 0.15) is 63.0 Å². The van der Waals surface area contributed by atoms with Gasteiger partial charge in [-0.05, 0) is 34.4 Å². The van der Waals surface area contributed by atoms with Gasteiger partial charge in [-0.15, -0.1) is 21.5 Å². The molecule has 0 spiro atoms. The number of thiophene rings is 1. The number of aromatic nitrogens is 3. The number of phenolic OH excluding ortho intramolecular Hbond substituents is 1. The summed E-state index contributed by atoms with van der Waals surface area (Å²) in [5, 5.41) is 22.1. The van der Waals surface area contributed by atoms with E-state index in [1.807, 2.05) is 82.8 Å². The molecular weight excluding hydrogens is 414 g/mol. The molecule has 0 saturated heterocycles. The highest BCUT2D eigenvalue weighted by Crippen LogP contribution is 2.40. The average Bonchev–Trinajstić information content (AvgIpc) is 3.27. The van der Waals surface area contributed by atoms with Crippen LogP contribution in [0, 0.1) is 0 Å². The third-order valence-electron chi connectivity index (χ3n) is 4.96. The van der Waals surface area contributed by atoms with Crippen LogP contribution in [0.2, 0.25) is 0 Å². The molecule has 160 valence electrons. The Morgan fingerprint density at radius 2 is 1.70 bits per heavy atom. The molecule has 0 amide bonds. The Labute approximate surface area is 186 Å². The SMILES string of the molecule is Cn1c(SCC(=O)c2cc(C(C)(C)C)c(O)c(C(C)(C)C)c2)nnc1-c1cccs1. The summed E-state index contributed by atoms with van der Waals surface area (Å²) in [6.07, 6.45) is 0. The van der Waals surface area contributed by atoms with E-state index >= 15 is 0 Å². The molecule has 0 unspecified atom stereocenters. The minimum Gasteiger partial charge on any atom is -0.507 e. The summed E-state index contributed by atoms with van der Waals surface area (Å²) in [7, 11) is 1.91. The maximum absolute atomic E-state index is 13.1. The van der Waals surface area contributed by atoms with E-state index in [2.05, 4.69) is 10.2 Å². The molecule has 0 aliphatic heterocycles. The Hall–Kier alpha value is -2.12. The Balaban J connectivity index is 1.87. The predicted molar refractivity (Wildman–Crippen MR) is 125 cm³/mol. The van der Waals surface area contributed by atoms with Gasteiger partial charge in [0.05, 0.1) is 10.6 Å². The molecule has 2 aromatic heterocycles. The number of hydrogen-bond donors (Lipinski definition) is 1.